The van der Waals surface area contributed by atoms with Crippen molar-refractivity contribution in [1.29, 1.82) is 0 Å². The van der Waals surface area contributed by atoms with Gasteiger partial charge in [0.05, 0.1) is 16.8 Å². The molecule has 0 aliphatic heterocycles. The maximum Gasteiger partial charge on any atom is 0.416 e. The van der Waals surface area contributed by atoms with Crippen molar-refractivity contribution in [3.8, 4) is 11.3 Å². The predicted octanol–water partition coefficient (Wildman–Crippen LogP) is 4.72. The lowest BCUT2D eigenvalue weighted by Gasteiger charge is -2.08. The second-order valence-electron chi connectivity index (χ2n) is 4.39. The Morgan fingerprint density at radius 1 is 0.900 bits per heavy atom. The average Bonchev–Trinajstić information content (AvgIpc) is 2.46. The number of halogens is 3. The molecule has 1 nitrogen and oxygen atoms in total. The van der Waals surface area contributed by atoms with Gasteiger partial charge in [0.15, 0.2) is 0 Å². The Balaban J connectivity index is 2.02. The highest BCUT2D eigenvalue weighted by molar-refractivity contribution is 5.81. The lowest BCUT2D eigenvalue weighted by molar-refractivity contribution is -0.137. The summed E-state index contributed by atoms with van der Waals surface area (Å²) in [6.07, 6.45) is -4.32. The lowest BCUT2D eigenvalue weighted by Crippen LogP contribution is -2.04. The molecule has 0 saturated carbocycles. The van der Waals surface area contributed by atoms with Crippen LogP contribution in [0.5, 0.6) is 0 Å². The second-order valence-corrected chi connectivity index (χ2v) is 4.39. The number of nitrogens with zero attached hydrogens (tertiary/aromatic N) is 1. The lowest BCUT2D eigenvalue weighted by atomic mass is 10.1. The van der Waals surface area contributed by atoms with E-state index >= 15 is 0 Å². The van der Waals surface area contributed by atoms with E-state index in [0.29, 0.717) is 11.3 Å². The largest absolute Gasteiger partial charge is 0.416 e. The highest BCUT2D eigenvalue weighted by atomic mass is 19.4. The molecule has 0 N–H and O–H groups in total. The van der Waals surface area contributed by atoms with E-state index in [2.05, 4.69) is 11.1 Å². The van der Waals surface area contributed by atoms with E-state index in [9.17, 15) is 13.2 Å². The summed E-state index contributed by atoms with van der Waals surface area (Å²) in [4.78, 5) is 4.42. The molecule has 0 saturated heterocycles. The third-order valence-electron chi connectivity index (χ3n) is 3.04. The third-order valence-corrected chi connectivity index (χ3v) is 3.04. The van der Waals surface area contributed by atoms with Crippen LogP contribution in [0.2, 0.25) is 0 Å². The topological polar surface area (TPSA) is 12.9 Å². The smallest absolute Gasteiger partial charge is 0.248 e. The van der Waals surface area contributed by atoms with Crippen molar-refractivity contribution in [2.24, 2.45) is 0 Å². The number of hydrogen-bond acceptors (Lipinski definition) is 1. The summed E-state index contributed by atoms with van der Waals surface area (Å²) in [5.41, 5.74) is 1.41. The summed E-state index contributed by atoms with van der Waals surface area (Å²) in [5, 5.41) is 0.972. The Kier molecular flexibility index (Phi) is 2.93. The van der Waals surface area contributed by atoms with Crippen molar-refractivity contribution in [3.63, 3.8) is 0 Å². The highest BCUT2D eigenvalue weighted by Gasteiger charge is 2.29. The van der Waals surface area contributed by atoms with Gasteiger partial charge in [-0.3, -0.25) is 0 Å². The average molecular weight is 272 g/mol. The van der Waals surface area contributed by atoms with E-state index in [-0.39, 0.29) is 0 Å². The van der Waals surface area contributed by atoms with Gasteiger partial charge in [-0.2, -0.15) is 13.2 Å². The van der Waals surface area contributed by atoms with Crippen LogP contribution in [0.25, 0.3) is 22.2 Å². The molecule has 1 aromatic heterocycles. The molecule has 0 amide bonds. The fourth-order valence-electron chi connectivity index (χ4n) is 2.00. The van der Waals surface area contributed by atoms with Gasteiger partial charge in [-0.05, 0) is 30.3 Å². The van der Waals surface area contributed by atoms with Crippen molar-refractivity contribution in [3.05, 3.63) is 66.2 Å². The van der Waals surface area contributed by atoms with Gasteiger partial charge >= 0.3 is 6.18 Å². The van der Waals surface area contributed by atoms with E-state index < -0.39 is 11.7 Å². The normalized spacial score (nSPS) is 11.8. The monoisotopic (exact) mass is 272 g/mol. The SMILES string of the molecule is FC(F)(F)c1ccc(-c2ccc3cc[c]cc3n2)cc1. The van der Waals surface area contributed by atoms with Crippen LogP contribution in [0.15, 0.2) is 54.6 Å². The fourth-order valence-corrected chi connectivity index (χ4v) is 2.00. The van der Waals surface area contributed by atoms with Gasteiger partial charge in [-0.1, -0.05) is 30.3 Å². The van der Waals surface area contributed by atoms with Gasteiger partial charge in [0.25, 0.3) is 0 Å². The van der Waals surface area contributed by atoms with Crippen LogP contribution >= 0.6 is 0 Å². The zero-order chi connectivity index (χ0) is 14.2. The molecule has 0 unspecified atom stereocenters. The third kappa shape index (κ3) is 2.37. The quantitative estimate of drug-likeness (QED) is 0.624. The van der Waals surface area contributed by atoms with Crippen LogP contribution in [0, 0.1) is 6.07 Å². The maximum absolute atomic E-state index is 12.5. The van der Waals surface area contributed by atoms with Crippen LogP contribution in [0.1, 0.15) is 5.56 Å². The molecule has 4 heteroatoms. The molecule has 20 heavy (non-hydrogen) atoms. The Hall–Kier alpha value is -2.36. The van der Waals surface area contributed by atoms with E-state index in [1.807, 2.05) is 12.1 Å². The number of rotatable bonds is 1. The summed E-state index contributed by atoms with van der Waals surface area (Å²) in [5.74, 6) is 0. The molecule has 3 aromatic rings. The molecule has 0 atom stereocenters. The van der Waals surface area contributed by atoms with E-state index in [1.165, 1.54) is 12.1 Å². The summed E-state index contributed by atoms with van der Waals surface area (Å²) in [6, 6.07) is 17.1. The standard InChI is InChI=1S/C16H9F3N/c17-16(18,19)13-8-5-12(6-9-13)15-10-7-11-3-1-2-4-14(11)20-15/h1,3-10H. The predicted molar refractivity (Wildman–Crippen MR) is 71.0 cm³/mol. The first kappa shape index (κ1) is 12.7. The van der Waals surface area contributed by atoms with Crippen molar-refractivity contribution in [2.75, 3.05) is 0 Å². The van der Waals surface area contributed by atoms with Crippen LogP contribution in [0.3, 0.4) is 0 Å². The molecule has 0 spiro atoms. The molecule has 1 heterocycles. The van der Waals surface area contributed by atoms with E-state index in [1.54, 1.807) is 18.2 Å². The summed E-state index contributed by atoms with van der Waals surface area (Å²) >= 11 is 0. The van der Waals surface area contributed by atoms with Gasteiger partial charge < -0.3 is 0 Å². The first-order valence-electron chi connectivity index (χ1n) is 5.98. The molecular formula is C16H9F3N. The number of benzene rings is 2. The molecule has 0 fully saturated rings. The van der Waals surface area contributed by atoms with Crippen LogP contribution in [-0.2, 0) is 6.18 Å². The number of hydrogen-bond donors (Lipinski definition) is 0. The van der Waals surface area contributed by atoms with Gasteiger partial charge in [0.2, 0.25) is 0 Å². The molecule has 99 valence electrons. The zero-order valence-corrected chi connectivity index (χ0v) is 10.3. The van der Waals surface area contributed by atoms with Crippen molar-refractivity contribution < 1.29 is 13.2 Å². The Morgan fingerprint density at radius 2 is 1.65 bits per heavy atom. The van der Waals surface area contributed by atoms with Crippen LogP contribution in [0.4, 0.5) is 13.2 Å². The zero-order valence-electron chi connectivity index (χ0n) is 10.3. The Bertz CT molecular complexity index is 746. The first-order chi connectivity index (χ1) is 9.54. The van der Waals surface area contributed by atoms with Crippen molar-refractivity contribution in [1.82, 2.24) is 4.98 Å². The molecule has 0 aliphatic carbocycles. The van der Waals surface area contributed by atoms with Crippen molar-refractivity contribution >= 4 is 10.9 Å². The number of fused-ring (bicyclic) bond motifs is 1. The minimum Gasteiger partial charge on any atom is -0.248 e. The Morgan fingerprint density at radius 3 is 2.35 bits per heavy atom. The molecule has 3 rings (SSSR count). The summed E-state index contributed by atoms with van der Waals surface area (Å²) in [7, 11) is 0. The van der Waals surface area contributed by atoms with Gasteiger partial charge in [0.1, 0.15) is 0 Å². The molecule has 0 bridgehead atoms. The number of aromatic nitrogens is 1. The second kappa shape index (κ2) is 4.63. The number of pyridine rings is 1. The first-order valence-corrected chi connectivity index (χ1v) is 5.98. The van der Waals surface area contributed by atoms with Gasteiger partial charge in [-0.15, -0.1) is 0 Å². The van der Waals surface area contributed by atoms with Crippen LogP contribution < -0.4 is 0 Å². The van der Waals surface area contributed by atoms with E-state index in [0.717, 1.165) is 23.0 Å². The Labute approximate surface area is 113 Å². The minimum atomic E-state index is -4.32. The van der Waals surface area contributed by atoms with Gasteiger partial charge in [0, 0.05) is 10.9 Å². The minimum absolute atomic E-state index is 0.644. The maximum atomic E-state index is 12.5. The fraction of sp³-hybridized carbons (Fsp3) is 0.0625. The molecule has 0 aliphatic rings. The molecule has 1 radical (unpaired) electrons. The van der Waals surface area contributed by atoms with Crippen molar-refractivity contribution in [2.45, 2.75) is 6.18 Å². The van der Waals surface area contributed by atoms with Crippen LogP contribution in [-0.4, -0.2) is 4.98 Å². The molecular weight excluding hydrogens is 263 g/mol. The van der Waals surface area contributed by atoms with E-state index in [4.69, 9.17) is 0 Å². The molecule has 2 aromatic carbocycles. The summed E-state index contributed by atoms with van der Waals surface area (Å²) < 4.78 is 37.5. The van der Waals surface area contributed by atoms with Gasteiger partial charge in [-0.25, -0.2) is 4.98 Å². The number of alkyl halides is 3. The summed E-state index contributed by atoms with van der Waals surface area (Å²) in [6.45, 7) is 0. The highest BCUT2D eigenvalue weighted by Crippen LogP contribution is 2.30.